The van der Waals surface area contributed by atoms with Crippen molar-refractivity contribution < 1.29 is 5.11 Å². The van der Waals surface area contributed by atoms with Crippen molar-refractivity contribution in [2.45, 2.75) is 13.0 Å². The van der Waals surface area contributed by atoms with E-state index in [0.29, 0.717) is 0 Å². The summed E-state index contributed by atoms with van der Waals surface area (Å²) >= 11 is 1.58. The van der Waals surface area contributed by atoms with Crippen molar-refractivity contribution in [3.63, 3.8) is 0 Å². The van der Waals surface area contributed by atoms with E-state index >= 15 is 0 Å². The van der Waals surface area contributed by atoms with Crippen molar-refractivity contribution in [1.29, 1.82) is 0 Å². The van der Waals surface area contributed by atoms with Crippen molar-refractivity contribution in [3.05, 3.63) is 57.8 Å². The molecule has 0 radical (unpaired) electrons. The molecule has 0 saturated heterocycles. The predicted molar refractivity (Wildman–Crippen MR) is 59.6 cm³/mol. The molecule has 2 rings (SSSR count). The zero-order valence-electron chi connectivity index (χ0n) is 7.97. The van der Waals surface area contributed by atoms with Gasteiger partial charge < -0.3 is 5.11 Å². The molecule has 72 valence electrons. The van der Waals surface area contributed by atoms with Gasteiger partial charge in [-0.25, -0.2) is 0 Å². The molecule has 1 aromatic heterocycles. The van der Waals surface area contributed by atoms with Gasteiger partial charge in [-0.2, -0.15) is 0 Å². The molecule has 0 spiro atoms. The molecule has 0 aliphatic rings. The molecule has 14 heavy (non-hydrogen) atoms. The summed E-state index contributed by atoms with van der Waals surface area (Å²) in [6.45, 7) is 2.02. The number of hydrogen-bond donors (Lipinski definition) is 1. The normalized spacial score (nSPS) is 12.7. The van der Waals surface area contributed by atoms with E-state index in [9.17, 15) is 5.11 Å². The quantitative estimate of drug-likeness (QED) is 0.796. The first-order valence-corrected chi connectivity index (χ1v) is 5.44. The minimum Gasteiger partial charge on any atom is -0.383 e. The fraction of sp³-hybridized carbons (Fsp3) is 0.167. The van der Waals surface area contributed by atoms with Crippen LogP contribution in [0.3, 0.4) is 0 Å². The maximum atomic E-state index is 10.1. The van der Waals surface area contributed by atoms with Crippen molar-refractivity contribution >= 4 is 11.3 Å². The molecule has 1 atom stereocenters. The topological polar surface area (TPSA) is 20.2 Å². The second-order valence-corrected chi connectivity index (χ2v) is 4.25. The molecule has 0 unspecified atom stereocenters. The summed E-state index contributed by atoms with van der Waals surface area (Å²) in [5.41, 5.74) is 2.13. The molecule has 1 aromatic carbocycles. The SMILES string of the molecule is Cc1ccccc1[C@@H](O)c1cccs1. The number of thiophene rings is 1. The predicted octanol–water partition coefficient (Wildman–Crippen LogP) is 3.14. The lowest BCUT2D eigenvalue weighted by molar-refractivity contribution is 0.223. The van der Waals surface area contributed by atoms with Crippen LogP contribution in [0.15, 0.2) is 41.8 Å². The largest absolute Gasteiger partial charge is 0.383 e. The van der Waals surface area contributed by atoms with Crippen LogP contribution in [-0.4, -0.2) is 5.11 Å². The molecule has 0 aliphatic carbocycles. The highest BCUT2D eigenvalue weighted by atomic mass is 32.1. The van der Waals surface area contributed by atoms with E-state index in [1.165, 1.54) is 0 Å². The van der Waals surface area contributed by atoms with Crippen LogP contribution in [-0.2, 0) is 0 Å². The van der Waals surface area contributed by atoms with Gasteiger partial charge in [0.25, 0.3) is 0 Å². The summed E-state index contributed by atoms with van der Waals surface area (Å²) in [5, 5.41) is 12.1. The molecule has 2 heteroatoms. The van der Waals surface area contributed by atoms with Crippen LogP contribution in [0.25, 0.3) is 0 Å². The number of hydrogen-bond acceptors (Lipinski definition) is 2. The number of rotatable bonds is 2. The number of benzene rings is 1. The lowest BCUT2D eigenvalue weighted by Gasteiger charge is -2.11. The third-order valence-corrected chi connectivity index (χ3v) is 3.22. The van der Waals surface area contributed by atoms with Crippen LogP contribution in [0.5, 0.6) is 0 Å². The third-order valence-electron chi connectivity index (χ3n) is 2.30. The molecule has 0 fully saturated rings. The van der Waals surface area contributed by atoms with E-state index in [4.69, 9.17) is 0 Å². The van der Waals surface area contributed by atoms with Gasteiger partial charge in [0, 0.05) is 4.88 Å². The van der Waals surface area contributed by atoms with Crippen LogP contribution >= 0.6 is 11.3 Å². The molecular formula is C12H12OS. The van der Waals surface area contributed by atoms with Gasteiger partial charge in [-0.3, -0.25) is 0 Å². The average molecular weight is 204 g/mol. The first kappa shape index (κ1) is 9.44. The van der Waals surface area contributed by atoms with Crippen LogP contribution < -0.4 is 0 Å². The number of aliphatic hydroxyl groups excluding tert-OH is 1. The lowest BCUT2D eigenvalue weighted by atomic mass is 10.0. The van der Waals surface area contributed by atoms with E-state index in [-0.39, 0.29) is 0 Å². The summed E-state index contributed by atoms with van der Waals surface area (Å²) in [4.78, 5) is 0.999. The highest BCUT2D eigenvalue weighted by Gasteiger charge is 2.12. The Hall–Kier alpha value is -1.12. The van der Waals surface area contributed by atoms with Gasteiger partial charge >= 0.3 is 0 Å². The number of aryl methyl sites for hydroxylation is 1. The number of aliphatic hydroxyl groups is 1. The zero-order chi connectivity index (χ0) is 9.97. The lowest BCUT2D eigenvalue weighted by Crippen LogP contribution is -1.99. The Kier molecular flexibility index (Phi) is 2.66. The van der Waals surface area contributed by atoms with Crippen molar-refractivity contribution in [3.8, 4) is 0 Å². The maximum Gasteiger partial charge on any atom is 0.113 e. The minimum absolute atomic E-state index is 0.476. The smallest absolute Gasteiger partial charge is 0.113 e. The Balaban J connectivity index is 2.37. The van der Waals surface area contributed by atoms with Crippen LogP contribution in [0.4, 0.5) is 0 Å². The Bertz CT molecular complexity index is 406. The van der Waals surface area contributed by atoms with E-state index in [1.807, 2.05) is 48.7 Å². The summed E-state index contributed by atoms with van der Waals surface area (Å²) in [5.74, 6) is 0. The molecule has 1 N–H and O–H groups in total. The maximum absolute atomic E-state index is 10.1. The van der Waals surface area contributed by atoms with Crippen molar-refractivity contribution in [2.24, 2.45) is 0 Å². The van der Waals surface area contributed by atoms with Crippen LogP contribution in [0, 0.1) is 6.92 Å². The Morgan fingerprint density at radius 2 is 1.93 bits per heavy atom. The Morgan fingerprint density at radius 3 is 2.57 bits per heavy atom. The van der Waals surface area contributed by atoms with Gasteiger partial charge in [-0.15, -0.1) is 11.3 Å². The molecule has 0 saturated carbocycles. The summed E-state index contributed by atoms with van der Waals surface area (Å²) in [6, 6.07) is 11.9. The molecule has 1 nitrogen and oxygen atoms in total. The van der Waals surface area contributed by atoms with E-state index in [2.05, 4.69) is 0 Å². The second kappa shape index (κ2) is 3.95. The van der Waals surface area contributed by atoms with Gasteiger partial charge in [0.15, 0.2) is 0 Å². The fourth-order valence-corrected chi connectivity index (χ4v) is 2.22. The first-order valence-electron chi connectivity index (χ1n) is 4.56. The molecule has 2 aromatic rings. The third kappa shape index (κ3) is 1.72. The van der Waals surface area contributed by atoms with Gasteiger partial charge in [-0.05, 0) is 29.5 Å². The zero-order valence-corrected chi connectivity index (χ0v) is 8.79. The fourth-order valence-electron chi connectivity index (χ4n) is 1.49. The standard InChI is InChI=1S/C12H12OS/c1-9-5-2-3-6-10(9)12(13)11-7-4-8-14-11/h2-8,12-13H,1H3/t12-/m1/s1. The van der Waals surface area contributed by atoms with Crippen LogP contribution in [0.1, 0.15) is 22.1 Å². The summed E-state index contributed by atoms with van der Waals surface area (Å²) < 4.78 is 0. The second-order valence-electron chi connectivity index (χ2n) is 3.27. The Labute approximate surface area is 87.7 Å². The van der Waals surface area contributed by atoms with E-state index in [1.54, 1.807) is 11.3 Å². The average Bonchev–Trinajstić information content (AvgIpc) is 2.70. The van der Waals surface area contributed by atoms with Crippen LogP contribution in [0.2, 0.25) is 0 Å². The van der Waals surface area contributed by atoms with Crippen molar-refractivity contribution in [2.75, 3.05) is 0 Å². The van der Waals surface area contributed by atoms with Crippen molar-refractivity contribution in [1.82, 2.24) is 0 Å². The monoisotopic (exact) mass is 204 g/mol. The summed E-state index contributed by atoms with van der Waals surface area (Å²) in [7, 11) is 0. The molecule has 0 bridgehead atoms. The van der Waals surface area contributed by atoms with Gasteiger partial charge in [0.1, 0.15) is 6.10 Å². The molecular weight excluding hydrogens is 192 g/mol. The van der Waals surface area contributed by atoms with Gasteiger partial charge in [-0.1, -0.05) is 30.3 Å². The minimum atomic E-state index is -0.476. The molecule has 0 amide bonds. The van der Waals surface area contributed by atoms with E-state index in [0.717, 1.165) is 16.0 Å². The molecule has 0 aliphatic heterocycles. The van der Waals surface area contributed by atoms with Gasteiger partial charge in [0.2, 0.25) is 0 Å². The first-order chi connectivity index (χ1) is 6.79. The van der Waals surface area contributed by atoms with E-state index < -0.39 is 6.10 Å². The molecule has 1 heterocycles. The van der Waals surface area contributed by atoms with Gasteiger partial charge in [0.05, 0.1) is 0 Å². The highest BCUT2D eigenvalue weighted by Crippen LogP contribution is 2.27. The highest BCUT2D eigenvalue weighted by molar-refractivity contribution is 7.10. The summed E-state index contributed by atoms with van der Waals surface area (Å²) in [6.07, 6.45) is -0.476. The Morgan fingerprint density at radius 1 is 1.14 bits per heavy atom.